The molecule has 2 rings (SSSR count). The number of hydrogen-bond acceptors (Lipinski definition) is 6. The molecule has 0 amide bonds. The number of nitrogens with zero attached hydrogens (tertiary/aromatic N) is 2. The van der Waals surface area contributed by atoms with Gasteiger partial charge in [0.25, 0.3) is 10.0 Å². The number of anilines is 1. The number of sulfonamides is 1. The van der Waals surface area contributed by atoms with Crippen LogP contribution in [0.2, 0.25) is 0 Å². The Morgan fingerprint density at radius 2 is 2.28 bits per heavy atom. The van der Waals surface area contributed by atoms with Crippen LogP contribution in [-0.4, -0.2) is 42.0 Å². The van der Waals surface area contributed by atoms with Crippen LogP contribution in [0.4, 0.5) is 5.13 Å². The zero-order valence-electron chi connectivity index (χ0n) is 10.3. The maximum atomic E-state index is 12.5. The molecule has 18 heavy (non-hydrogen) atoms. The number of aryl methyl sites for hydroxylation is 1. The zero-order chi connectivity index (χ0) is 13.5. The second-order valence-electron chi connectivity index (χ2n) is 4.56. The Kier molecular flexibility index (Phi) is 3.63. The van der Waals surface area contributed by atoms with Gasteiger partial charge in [-0.2, -0.15) is 4.31 Å². The Bertz CT molecular complexity index is 541. The summed E-state index contributed by atoms with van der Waals surface area (Å²) in [6, 6.07) is -0.349. The Hall–Kier alpha value is -0.700. The SMILES string of the molecule is Cc1nc(N)sc1S(=O)(=O)N1CCC(C)C1CO. The monoisotopic (exact) mass is 291 g/mol. The van der Waals surface area contributed by atoms with Gasteiger partial charge >= 0.3 is 0 Å². The van der Waals surface area contributed by atoms with E-state index in [1.807, 2.05) is 6.92 Å². The molecule has 0 bridgehead atoms. The summed E-state index contributed by atoms with van der Waals surface area (Å²) in [7, 11) is -3.59. The van der Waals surface area contributed by atoms with Gasteiger partial charge in [-0.25, -0.2) is 13.4 Å². The number of nitrogen functional groups attached to an aromatic ring is 1. The van der Waals surface area contributed by atoms with Crippen LogP contribution in [0, 0.1) is 12.8 Å². The smallest absolute Gasteiger partial charge is 0.254 e. The largest absolute Gasteiger partial charge is 0.395 e. The molecule has 2 heterocycles. The first-order chi connectivity index (χ1) is 8.37. The van der Waals surface area contributed by atoms with Crippen molar-refractivity contribution in [2.45, 2.75) is 30.5 Å². The van der Waals surface area contributed by atoms with Gasteiger partial charge in [0.2, 0.25) is 0 Å². The van der Waals surface area contributed by atoms with Crippen LogP contribution in [0.25, 0.3) is 0 Å². The number of aliphatic hydroxyl groups excluding tert-OH is 1. The first-order valence-corrected chi connectivity index (χ1v) is 7.99. The summed E-state index contributed by atoms with van der Waals surface area (Å²) >= 11 is 0.977. The maximum absolute atomic E-state index is 12.5. The minimum atomic E-state index is -3.59. The molecule has 1 saturated heterocycles. The van der Waals surface area contributed by atoms with E-state index in [-0.39, 0.29) is 27.9 Å². The zero-order valence-corrected chi connectivity index (χ0v) is 12.0. The summed E-state index contributed by atoms with van der Waals surface area (Å²) in [5.41, 5.74) is 5.97. The second kappa shape index (κ2) is 4.76. The first-order valence-electron chi connectivity index (χ1n) is 5.73. The standard InChI is InChI=1S/C10H17N3O3S2/c1-6-3-4-13(8(6)5-14)18(15,16)9-7(2)12-10(11)17-9/h6,8,14H,3-5H2,1-2H3,(H2,11,12). The molecule has 0 saturated carbocycles. The van der Waals surface area contributed by atoms with Crippen molar-refractivity contribution in [3.63, 3.8) is 0 Å². The van der Waals surface area contributed by atoms with E-state index in [4.69, 9.17) is 5.73 Å². The first kappa shape index (κ1) is 13.7. The quantitative estimate of drug-likeness (QED) is 0.841. The molecule has 6 nitrogen and oxygen atoms in total. The van der Waals surface area contributed by atoms with Crippen molar-refractivity contribution in [1.29, 1.82) is 0 Å². The molecule has 1 aliphatic rings. The topological polar surface area (TPSA) is 96.5 Å². The molecule has 0 radical (unpaired) electrons. The van der Waals surface area contributed by atoms with Crippen molar-refractivity contribution in [3.8, 4) is 0 Å². The van der Waals surface area contributed by atoms with Crippen LogP contribution in [0.15, 0.2) is 4.21 Å². The predicted octanol–water partition coefficient (Wildman–Crippen LogP) is 0.425. The lowest BCUT2D eigenvalue weighted by Crippen LogP contribution is -2.39. The van der Waals surface area contributed by atoms with Crippen molar-refractivity contribution in [1.82, 2.24) is 9.29 Å². The normalized spacial score (nSPS) is 25.7. The summed E-state index contributed by atoms with van der Waals surface area (Å²) in [4.78, 5) is 3.95. The molecular formula is C10H17N3O3S2. The van der Waals surface area contributed by atoms with Gasteiger partial charge < -0.3 is 10.8 Å². The Morgan fingerprint density at radius 1 is 1.61 bits per heavy atom. The van der Waals surface area contributed by atoms with Gasteiger partial charge in [-0.05, 0) is 19.3 Å². The molecular weight excluding hydrogens is 274 g/mol. The van der Waals surface area contributed by atoms with E-state index in [2.05, 4.69) is 4.98 Å². The summed E-state index contributed by atoms with van der Waals surface area (Å²) in [5.74, 6) is 0.162. The van der Waals surface area contributed by atoms with Crippen LogP contribution in [0.1, 0.15) is 19.0 Å². The highest BCUT2D eigenvalue weighted by atomic mass is 32.2. The number of nitrogens with two attached hydrogens (primary N) is 1. The van der Waals surface area contributed by atoms with Crippen molar-refractivity contribution in [2.24, 2.45) is 5.92 Å². The fraction of sp³-hybridized carbons (Fsp3) is 0.700. The molecule has 0 aromatic carbocycles. The summed E-state index contributed by atoms with van der Waals surface area (Å²) in [6.45, 7) is 3.86. The molecule has 1 aromatic heterocycles. The lowest BCUT2D eigenvalue weighted by atomic mass is 10.0. The van der Waals surface area contributed by atoms with Gasteiger partial charge in [-0.15, -0.1) is 0 Å². The van der Waals surface area contributed by atoms with Crippen molar-refractivity contribution < 1.29 is 13.5 Å². The fourth-order valence-electron chi connectivity index (χ4n) is 2.29. The minimum Gasteiger partial charge on any atom is -0.395 e. The van der Waals surface area contributed by atoms with Gasteiger partial charge in [0.15, 0.2) is 9.34 Å². The Labute approximate surface area is 110 Å². The number of aromatic nitrogens is 1. The van der Waals surface area contributed by atoms with Crippen LogP contribution < -0.4 is 5.73 Å². The fourth-order valence-corrected chi connectivity index (χ4v) is 5.43. The average molecular weight is 291 g/mol. The van der Waals surface area contributed by atoms with Gasteiger partial charge in [-0.3, -0.25) is 0 Å². The molecule has 1 aliphatic heterocycles. The molecule has 102 valence electrons. The van der Waals surface area contributed by atoms with Crippen molar-refractivity contribution in [3.05, 3.63) is 5.69 Å². The second-order valence-corrected chi connectivity index (χ2v) is 7.67. The Balaban J connectivity index is 2.40. The van der Waals surface area contributed by atoms with Crippen LogP contribution in [0.5, 0.6) is 0 Å². The van der Waals surface area contributed by atoms with Gasteiger partial charge in [-0.1, -0.05) is 18.3 Å². The average Bonchev–Trinajstić information content (AvgIpc) is 2.82. The van der Waals surface area contributed by atoms with Gasteiger partial charge in [0, 0.05) is 6.54 Å². The molecule has 2 unspecified atom stereocenters. The third-order valence-electron chi connectivity index (χ3n) is 3.33. The third-order valence-corrected chi connectivity index (χ3v) is 6.83. The van der Waals surface area contributed by atoms with E-state index in [0.717, 1.165) is 17.8 Å². The number of rotatable bonds is 3. The highest BCUT2D eigenvalue weighted by molar-refractivity contribution is 7.91. The minimum absolute atomic E-state index is 0.159. The maximum Gasteiger partial charge on any atom is 0.254 e. The Morgan fingerprint density at radius 3 is 2.78 bits per heavy atom. The lowest BCUT2D eigenvalue weighted by Gasteiger charge is -2.23. The van der Waals surface area contributed by atoms with Crippen molar-refractivity contribution >= 4 is 26.5 Å². The number of hydrogen-bond donors (Lipinski definition) is 2. The highest BCUT2D eigenvalue weighted by Crippen LogP contribution is 2.34. The molecule has 3 N–H and O–H groups in total. The summed E-state index contributed by atoms with van der Waals surface area (Å²) in [5, 5.41) is 9.60. The van der Waals surface area contributed by atoms with E-state index < -0.39 is 10.0 Å². The number of thiazole rings is 1. The lowest BCUT2D eigenvalue weighted by molar-refractivity contribution is 0.191. The van der Waals surface area contributed by atoms with E-state index >= 15 is 0 Å². The molecule has 0 spiro atoms. The summed E-state index contributed by atoms with van der Waals surface area (Å²) < 4.78 is 26.6. The molecule has 8 heteroatoms. The number of aliphatic hydroxyl groups is 1. The van der Waals surface area contributed by atoms with Crippen molar-refractivity contribution in [2.75, 3.05) is 18.9 Å². The molecule has 1 aromatic rings. The van der Waals surface area contributed by atoms with Crippen LogP contribution >= 0.6 is 11.3 Å². The molecule has 0 aliphatic carbocycles. The predicted molar refractivity (Wildman–Crippen MR) is 69.8 cm³/mol. The van der Waals surface area contributed by atoms with Crippen LogP contribution in [0.3, 0.4) is 0 Å². The van der Waals surface area contributed by atoms with E-state index in [1.54, 1.807) is 6.92 Å². The van der Waals surface area contributed by atoms with Gasteiger partial charge in [0.1, 0.15) is 0 Å². The van der Waals surface area contributed by atoms with E-state index in [9.17, 15) is 13.5 Å². The van der Waals surface area contributed by atoms with Gasteiger partial charge in [0.05, 0.1) is 18.3 Å². The summed E-state index contributed by atoms with van der Waals surface area (Å²) in [6.07, 6.45) is 0.762. The molecule has 2 atom stereocenters. The van der Waals surface area contributed by atoms with E-state index in [1.165, 1.54) is 4.31 Å². The van der Waals surface area contributed by atoms with E-state index in [0.29, 0.717) is 12.2 Å². The third kappa shape index (κ3) is 2.13. The van der Waals surface area contributed by atoms with Crippen LogP contribution in [-0.2, 0) is 10.0 Å². The highest BCUT2D eigenvalue weighted by Gasteiger charge is 2.40. The molecule has 1 fully saturated rings.